The number of anilines is 1. The number of fused-ring (bicyclic) bond motifs is 1. The Morgan fingerprint density at radius 2 is 1.82 bits per heavy atom. The topological polar surface area (TPSA) is 87.7 Å². The van der Waals surface area contributed by atoms with Crippen LogP contribution < -0.4 is 20.3 Å². The molecule has 2 aromatic rings. The van der Waals surface area contributed by atoms with Crippen molar-refractivity contribution in [2.75, 3.05) is 25.0 Å². The summed E-state index contributed by atoms with van der Waals surface area (Å²) >= 11 is 0. The van der Waals surface area contributed by atoms with Crippen LogP contribution >= 0.6 is 0 Å². The van der Waals surface area contributed by atoms with Crippen LogP contribution in [-0.2, 0) is 9.59 Å². The molecule has 1 aliphatic heterocycles. The van der Waals surface area contributed by atoms with E-state index in [9.17, 15) is 14.4 Å². The van der Waals surface area contributed by atoms with Gasteiger partial charge in [-0.2, -0.15) is 0 Å². The predicted octanol–water partition coefficient (Wildman–Crippen LogP) is 1.66. The van der Waals surface area contributed by atoms with Gasteiger partial charge < -0.3 is 20.3 Å². The van der Waals surface area contributed by atoms with Crippen LogP contribution in [0.3, 0.4) is 0 Å². The summed E-state index contributed by atoms with van der Waals surface area (Å²) in [7, 11) is 1.53. The average molecular weight is 381 g/mol. The summed E-state index contributed by atoms with van der Waals surface area (Å²) in [4.78, 5) is 38.6. The number of aryl methyl sites for hydroxylation is 1. The number of rotatable bonds is 5. The summed E-state index contributed by atoms with van der Waals surface area (Å²) < 4.78 is 5.70. The van der Waals surface area contributed by atoms with Crippen molar-refractivity contribution in [1.29, 1.82) is 0 Å². The third kappa shape index (κ3) is 4.14. The molecule has 1 heterocycles. The smallest absolute Gasteiger partial charge is 0.262 e. The van der Waals surface area contributed by atoms with Gasteiger partial charge in [0.2, 0.25) is 5.91 Å². The highest BCUT2D eigenvalue weighted by molar-refractivity contribution is 5.98. The van der Waals surface area contributed by atoms with Crippen molar-refractivity contribution in [3.8, 4) is 5.75 Å². The van der Waals surface area contributed by atoms with Crippen molar-refractivity contribution in [3.63, 3.8) is 0 Å². The molecule has 2 N–H and O–H groups in total. The van der Waals surface area contributed by atoms with Crippen molar-refractivity contribution in [2.45, 2.75) is 19.4 Å². The molecule has 7 nitrogen and oxygen atoms in total. The number of hydrogen-bond donors (Lipinski definition) is 2. The molecular weight excluding hydrogens is 358 g/mol. The minimum absolute atomic E-state index is 0.117. The maximum atomic E-state index is 12.8. The second-order valence-electron chi connectivity index (χ2n) is 6.51. The van der Waals surface area contributed by atoms with E-state index >= 15 is 0 Å². The number of nitrogens with one attached hydrogen (secondary N) is 2. The standard InChI is InChI=1S/C21H23N3O4/c1-14-7-3-4-8-15(14)20(26)23-12-11-19(25)24-13-18(21(27)22-2)28-17-10-6-5-9-16(17)24/h3-10,18H,11-13H2,1-2H3,(H,22,27)(H,23,26)/t18-/m0/s1. The lowest BCUT2D eigenvalue weighted by molar-refractivity contribution is -0.127. The minimum Gasteiger partial charge on any atom is -0.477 e. The summed E-state index contributed by atoms with van der Waals surface area (Å²) in [5.74, 6) is -0.203. The van der Waals surface area contributed by atoms with Crippen LogP contribution in [0.4, 0.5) is 5.69 Å². The van der Waals surface area contributed by atoms with E-state index in [2.05, 4.69) is 10.6 Å². The number of carbonyl (C=O) groups is 3. The van der Waals surface area contributed by atoms with Crippen molar-refractivity contribution >= 4 is 23.4 Å². The van der Waals surface area contributed by atoms with E-state index in [1.807, 2.05) is 25.1 Å². The van der Waals surface area contributed by atoms with E-state index in [0.29, 0.717) is 17.0 Å². The van der Waals surface area contributed by atoms with Crippen LogP contribution in [0.1, 0.15) is 22.3 Å². The highest BCUT2D eigenvalue weighted by Crippen LogP contribution is 2.33. The molecule has 0 aliphatic carbocycles. The quantitative estimate of drug-likeness (QED) is 0.825. The van der Waals surface area contributed by atoms with Gasteiger partial charge in [0, 0.05) is 25.6 Å². The third-order valence-corrected chi connectivity index (χ3v) is 4.63. The lowest BCUT2D eigenvalue weighted by Gasteiger charge is -2.34. The van der Waals surface area contributed by atoms with Gasteiger partial charge >= 0.3 is 0 Å². The Kier molecular flexibility index (Phi) is 5.93. The molecule has 1 atom stereocenters. The summed E-state index contributed by atoms with van der Waals surface area (Å²) in [5.41, 5.74) is 2.09. The molecular formula is C21H23N3O4. The minimum atomic E-state index is -0.773. The first kappa shape index (κ1) is 19.4. The van der Waals surface area contributed by atoms with E-state index in [0.717, 1.165) is 5.56 Å². The molecule has 146 valence electrons. The Hall–Kier alpha value is -3.35. The number of benzene rings is 2. The zero-order valence-corrected chi connectivity index (χ0v) is 15.9. The normalized spacial score (nSPS) is 15.2. The first-order chi connectivity index (χ1) is 13.5. The second kappa shape index (κ2) is 8.56. The van der Waals surface area contributed by atoms with Crippen LogP contribution in [0.15, 0.2) is 48.5 Å². The lowest BCUT2D eigenvalue weighted by atomic mass is 10.1. The highest BCUT2D eigenvalue weighted by atomic mass is 16.5. The highest BCUT2D eigenvalue weighted by Gasteiger charge is 2.33. The Morgan fingerprint density at radius 3 is 2.57 bits per heavy atom. The molecule has 28 heavy (non-hydrogen) atoms. The summed E-state index contributed by atoms with van der Waals surface area (Å²) in [6.45, 7) is 2.20. The maximum Gasteiger partial charge on any atom is 0.262 e. The molecule has 7 heteroatoms. The van der Waals surface area contributed by atoms with Gasteiger partial charge in [-0.15, -0.1) is 0 Å². The predicted molar refractivity (Wildman–Crippen MR) is 105 cm³/mol. The molecule has 1 aliphatic rings. The van der Waals surface area contributed by atoms with Crippen molar-refractivity contribution in [2.24, 2.45) is 0 Å². The zero-order chi connectivity index (χ0) is 20.1. The van der Waals surface area contributed by atoms with Crippen LogP contribution in [0.25, 0.3) is 0 Å². The zero-order valence-electron chi connectivity index (χ0n) is 15.9. The van der Waals surface area contributed by atoms with E-state index in [-0.39, 0.29) is 37.2 Å². The van der Waals surface area contributed by atoms with Gasteiger partial charge in [0.15, 0.2) is 6.10 Å². The van der Waals surface area contributed by atoms with Gasteiger partial charge in [0.1, 0.15) is 5.75 Å². The van der Waals surface area contributed by atoms with Gasteiger partial charge in [-0.25, -0.2) is 0 Å². The molecule has 2 aromatic carbocycles. The summed E-state index contributed by atoms with van der Waals surface area (Å²) in [6.07, 6.45) is -0.655. The van der Waals surface area contributed by atoms with Crippen molar-refractivity contribution < 1.29 is 19.1 Å². The third-order valence-electron chi connectivity index (χ3n) is 4.63. The fourth-order valence-electron chi connectivity index (χ4n) is 3.11. The molecule has 0 saturated heterocycles. The first-order valence-corrected chi connectivity index (χ1v) is 9.12. The van der Waals surface area contributed by atoms with Crippen LogP contribution in [-0.4, -0.2) is 44.0 Å². The molecule has 0 fully saturated rings. The van der Waals surface area contributed by atoms with Crippen LogP contribution in [0, 0.1) is 6.92 Å². The Balaban J connectivity index is 1.65. The second-order valence-corrected chi connectivity index (χ2v) is 6.51. The molecule has 3 amide bonds. The first-order valence-electron chi connectivity index (χ1n) is 9.12. The van der Waals surface area contributed by atoms with Crippen molar-refractivity contribution in [1.82, 2.24) is 10.6 Å². The van der Waals surface area contributed by atoms with E-state index in [4.69, 9.17) is 4.74 Å². The largest absolute Gasteiger partial charge is 0.477 e. The number of hydrogen-bond acceptors (Lipinski definition) is 4. The molecule has 0 aromatic heterocycles. The van der Waals surface area contributed by atoms with Gasteiger partial charge in [0.05, 0.1) is 12.2 Å². The number of nitrogens with zero attached hydrogens (tertiary/aromatic N) is 1. The van der Waals surface area contributed by atoms with Gasteiger partial charge in [0.25, 0.3) is 11.8 Å². The van der Waals surface area contributed by atoms with Crippen LogP contribution in [0.2, 0.25) is 0 Å². The van der Waals surface area contributed by atoms with Gasteiger partial charge in [-0.3, -0.25) is 14.4 Å². The molecule has 0 radical (unpaired) electrons. The molecule has 0 unspecified atom stereocenters. The summed E-state index contributed by atoms with van der Waals surface area (Å²) in [5, 5.41) is 5.33. The molecule has 0 saturated carbocycles. The van der Waals surface area contributed by atoms with Crippen LogP contribution in [0.5, 0.6) is 5.75 Å². The number of ether oxygens (including phenoxy) is 1. The Labute approximate surface area is 163 Å². The van der Waals surface area contributed by atoms with E-state index in [1.54, 1.807) is 35.2 Å². The fraction of sp³-hybridized carbons (Fsp3) is 0.286. The maximum absolute atomic E-state index is 12.8. The Bertz CT molecular complexity index is 897. The number of amides is 3. The lowest BCUT2D eigenvalue weighted by Crippen LogP contribution is -2.50. The Morgan fingerprint density at radius 1 is 1.11 bits per heavy atom. The van der Waals surface area contributed by atoms with Gasteiger partial charge in [-0.1, -0.05) is 30.3 Å². The fourth-order valence-corrected chi connectivity index (χ4v) is 3.11. The average Bonchev–Trinajstić information content (AvgIpc) is 2.72. The van der Waals surface area contributed by atoms with Crippen molar-refractivity contribution in [3.05, 3.63) is 59.7 Å². The van der Waals surface area contributed by atoms with Gasteiger partial charge in [-0.05, 0) is 30.7 Å². The summed E-state index contributed by atoms with van der Waals surface area (Å²) in [6, 6.07) is 14.4. The monoisotopic (exact) mass is 381 g/mol. The SMILES string of the molecule is CNC(=O)[C@@H]1CN(C(=O)CCNC(=O)c2ccccc2C)c2ccccc2O1. The number of carbonyl (C=O) groups excluding carboxylic acids is 3. The van der Waals surface area contributed by atoms with E-state index < -0.39 is 6.10 Å². The molecule has 0 spiro atoms. The van der Waals surface area contributed by atoms with E-state index in [1.165, 1.54) is 7.05 Å². The number of likely N-dealkylation sites (N-methyl/N-ethyl adjacent to an activating group) is 1. The molecule has 0 bridgehead atoms. The number of para-hydroxylation sites is 2. The molecule has 3 rings (SSSR count).